The summed E-state index contributed by atoms with van der Waals surface area (Å²) in [6, 6.07) is 3.28. The Labute approximate surface area is 98.8 Å². The summed E-state index contributed by atoms with van der Waals surface area (Å²) < 4.78 is 37.2. The van der Waals surface area contributed by atoms with Crippen molar-refractivity contribution in [3.05, 3.63) is 34.9 Å². The normalized spacial score (nSPS) is 12.8. The van der Waals surface area contributed by atoms with E-state index in [0.29, 0.717) is 17.5 Å². The quantitative estimate of drug-likeness (QED) is 0.751. The molecule has 0 aliphatic carbocycles. The van der Waals surface area contributed by atoms with Gasteiger partial charge in [0.15, 0.2) is 0 Å². The highest BCUT2D eigenvalue weighted by Gasteiger charge is 2.30. The molecule has 2 N–H and O–H groups in total. The second-order valence-corrected chi connectivity index (χ2v) is 3.81. The van der Waals surface area contributed by atoms with Crippen molar-refractivity contribution in [3.8, 4) is 11.8 Å². The third kappa shape index (κ3) is 3.79. The fourth-order valence-corrected chi connectivity index (χ4v) is 1.25. The van der Waals surface area contributed by atoms with E-state index in [-0.39, 0.29) is 6.04 Å². The second kappa shape index (κ2) is 5.24. The van der Waals surface area contributed by atoms with Crippen molar-refractivity contribution in [1.29, 1.82) is 0 Å². The SMILES string of the molecule is CCC(N)C#Cc1ccc(C(F)(F)F)cc1C. The first-order valence-corrected chi connectivity index (χ1v) is 5.29. The molecular formula is C13H14F3N. The standard InChI is InChI=1S/C13H14F3N/c1-3-12(17)7-5-10-4-6-11(8-9(10)2)13(14,15)16/h4,6,8,12H,3,17H2,1-2H3. The van der Waals surface area contributed by atoms with Crippen LogP contribution in [0.4, 0.5) is 13.2 Å². The molecule has 1 nitrogen and oxygen atoms in total. The molecule has 0 amide bonds. The third-order valence-corrected chi connectivity index (χ3v) is 2.39. The van der Waals surface area contributed by atoms with Crippen molar-refractivity contribution >= 4 is 0 Å². The zero-order valence-corrected chi connectivity index (χ0v) is 9.73. The average Bonchev–Trinajstić information content (AvgIpc) is 2.25. The summed E-state index contributed by atoms with van der Waals surface area (Å²) >= 11 is 0. The van der Waals surface area contributed by atoms with Crippen molar-refractivity contribution in [2.24, 2.45) is 5.73 Å². The Morgan fingerprint density at radius 1 is 1.35 bits per heavy atom. The lowest BCUT2D eigenvalue weighted by Crippen LogP contribution is -2.15. The number of nitrogens with two attached hydrogens (primary N) is 1. The Balaban J connectivity index is 3.01. The summed E-state index contributed by atoms with van der Waals surface area (Å²) in [7, 11) is 0. The fourth-order valence-electron chi connectivity index (χ4n) is 1.25. The maximum atomic E-state index is 12.4. The van der Waals surface area contributed by atoms with E-state index >= 15 is 0 Å². The van der Waals surface area contributed by atoms with Gasteiger partial charge in [0, 0.05) is 5.56 Å². The van der Waals surface area contributed by atoms with Gasteiger partial charge in [-0.05, 0) is 37.1 Å². The lowest BCUT2D eigenvalue weighted by molar-refractivity contribution is -0.137. The fraction of sp³-hybridized carbons (Fsp3) is 0.385. The van der Waals surface area contributed by atoms with Gasteiger partial charge in [-0.15, -0.1) is 0 Å². The maximum Gasteiger partial charge on any atom is 0.416 e. The minimum absolute atomic E-state index is 0.239. The van der Waals surface area contributed by atoms with Gasteiger partial charge in [-0.2, -0.15) is 13.2 Å². The largest absolute Gasteiger partial charge is 0.416 e. The molecule has 0 bridgehead atoms. The third-order valence-electron chi connectivity index (χ3n) is 2.39. The molecule has 0 aliphatic heterocycles. The monoisotopic (exact) mass is 241 g/mol. The molecule has 1 unspecified atom stereocenters. The molecular weight excluding hydrogens is 227 g/mol. The number of hydrogen-bond donors (Lipinski definition) is 1. The Morgan fingerprint density at radius 3 is 2.47 bits per heavy atom. The first-order chi connectivity index (χ1) is 7.84. The van der Waals surface area contributed by atoms with Crippen LogP contribution in [0, 0.1) is 18.8 Å². The zero-order chi connectivity index (χ0) is 13.1. The van der Waals surface area contributed by atoms with Crippen LogP contribution in [-0.2, 0) is 6.18 Å². The van der Waals surface area contributed by atoms with E-state index in [9.17, 15) is 13.2 Å². The first-order valence-electron chi connectivity index (χ1n) is 5.29. The van der Waals surface area contributed by atoms with Crippen molar-refractivity contribution in [3.63, 3.8) is 0 Å². The average molecular weight is 241 g/mol. The van der Waals surface area contributed by atoms with Crippen LogP contribution in [0.15, 0.2) is 18.2 Å². The van der Waals surface area contributed by atoms with Crippen LogP contribution in [0.1, 0.15) is 30.0 Å². The highest BCUT2D eigenvalue weighted by Crippen LogP contribution is 2.30. The minimum atomic E-state index is -4.31. The molecule has 4 heteroatoms. The lowest BCUT2D eigenvalue weighted by Gasteiger charge is -2.08. The van der Waals surface area contributed by atoms with E-state index in [1.54, 1.807) is 6.92 Å². The van der Waals surface area contributed by atoms with Crippen LogP contribution in [-0.4, -0.2) is 6.04 Å². The molecule has 0 aliphatic rings. The maximum absolute atomic E-state index is 12.4. The summed E-state index contributed by atoms with van der Waals surface area (Å²) in [6.45, 7) is 3.51. The molecule has 1 aromatic rings. The highest BCUT2D eigenvalue weighted by molar-refractivity contribution is 5.43. The molecule has 0 fully saturated rings. The Bertz CT molecular complexity index is 452. The summed E-state index contributed by atoms with van der Waals surface area (Å²) in [5, 5.41) is 0. The lowest BCUT2D eigenvalue weighted by atomic mass is 10.0. The zero-order valence-electron chi connectivity index (χ0n) is 9.73. The molecule has 17 heavy (non-hydrogen) atoms. The number of aryl methyl sites for hydroxylation is 1. The Hall–Kier alpha value is -1.47. The van der Waals surface area contributed by atoms with Gasteiger partial charge < -0.3 is 5.73 Å². The number of benzene rings is 1. The van der Waals surface area contributed by atoms with Gasteiger partial charge in [0.1, 0.15) is 0 Å². The summed E-state index contributed by atoms with van der Waals surface area (Å²) in [5.74, 6) is 5.59. The predicted molar refractivity (Wildman–Crippen MR) is 61.3 cm³/mol. The molecule has 92 valence electrons. The molecule has 0 spiro atoms. The van der Waals surface area contributed by atoms with Crippen molar-refractivity contribution in [1.82, 2.24) is 0 Å². The van der Waals surface area contributed by atoms with Gasteiger partial charge in [0.05, 0.1) is 11.6 Å². The highest BCUT2D eigenvalue weighted by atomic mass is 19.4. The summed E-state index contributed by atoms with van der Waals surface area (Å²) in [6.07, 6.45) is -3.59. The van der Waals surface area contributed by atoms with Gasteiger partial charge in [0.25, 0.3) is 0 Å². The molecule has 0 saturated heterocycles. The smallest absolute Gasteiger partial charge is 0.318 e. The van der Waals surface area contributed by atoms with Crippen LogP contribution in [0.2, 0.25) is 0 Å². The number of hydrogen-bond acceptors (Lipinski definition) is 1. The minimum Gasteiger partial charge on any atom is -0.318 e. The molecule has 0 saturated carbocycles. The van der Waals surface area contributed by atoms with Gasteiger partial charge in [-0.25, -0.2) is 0 Å². The van der Waals surface area contributed by atoms with Crippen molar-refractivity contribution in [2.45, 2.75) is 32.5 Å². The molecule has 0 radical (unpaired) electrons. The topological polar surface area (TPSA) is 26.0 Å². The van der Waals surface area contributed by atoms with Crippen molar-refractivity contribution in [2.75, 3.05) is 0 Å². The van der Waals surface area contributed by atoms with Crippen molar-refractivity contribution < 1.29 is 13.2 Å². The molecule has 1 aromatic carbocycles. The summed E-state index contributed by atoms with van der Waals surface area (Å²) in [4.78, 5) is 0. The van der Waals surface area contributed by atoms with E-state index in [2.05, 4.69) is 11.8 Å². The molecule has 0 aromatic heterocycles. The van der Waals surface area contributed by atoms with E-state index in [0.717, 1.165) is 12.1 Å². The van der Waals surface area contributed by atoms with Crippen LogP contribution < -0.4 is 5.73 Å². The molecule has 1 atom stereocenters. The molecule has 1 rings (SSSR count). The first kappa shape index (κ1) is 13.6. The number of rotatable bonds is 1. The van der Waals surface area contributed by atoms with E-state index < -0.39 is 11.7 Å². The van der Waals surface area contributed by atoms with E-state index in [1.807, 2.05) is 6.92 Å². The van der Waals surface area contributed by atoms with Crippen LogP contribution in [0.25, 0.3) is 0 Å². The number of halogens is 3. The van der Waals surface area contributed by atoms with Gasteiger partial charge in [-0.3, -0.25) is 0 Å². The predicted octanol–water partition coefficient (Wildman–Crippen LogP) is 3.10. The van der Waals surface area contributed by atoms with Gasteiger partial charge in [0.2, 0.25) is 0 Å². The van der Waals surface area contributed by atoms with Crippen LogP contribution in [0.5, 0.6) is 0 Å². The van der Waals surface area contributed by atoms with E-state index in [4.69, 9.17) is 5.73 Å². The summed E-state index contributed by atoms with van der Waals surface area (Å²) in [5.41, 5.74) is 6.06. The number of alkyl halides is 3. The Kier molecular flexibility index (Phi) is 4.19. The molecule has 0 heterocycles. The van der Waals surface area contributed by atoms with E-state index in [1.165, 1.54) is 6.07 Å². The second-order valence-electron chi connectivity index (χ2n) is 3.81. The van der Waals surface area contributed by atoms with Crippen LogP contribution >= 0.6 is 0 Å². The Morgan fingerprint density at radius 2 is 2.00 bits per heavy atom. The van der Waals surface area contributed by atoms with Crippen LogP contribution in [0.3, 0.4) is 0 Å². The van der Waals surface area contributed by atoms with Gasteiger partial charge >= 0.3 is 6.18 Å². The van der Waals surface area contributed by atoms with Gasteiger partial charge in [-0.1, -0.05) is 18.8 Å².